The van der Waals surface area contributed by atoms with E-state index in [-0.39, 0.29) is 27.2 Å². The van der Waals surface area contributed by atoms with Crippen molar-refractivity contribution in [2.75, 3.05) is 18.6 Å². The smallest absolute Gasteiger partial charge is 0.352 e. The number of hydrogen-bond donors (Lipinski definition) is 2. The van der Waals surface area contributed by atoms with Crippen LogP contribution in [-0.4, -0.2) is 30.6 Å². The van der Waals surface area contributed by atoms with Gasteiger partial charge in [-0.05, 0) is 59.5 Å². The molecular formula is C25H21Cl2F3N2O2S. The van der Waals surface area contributed by atoms with Crippen LogP contribution in [0.15, 0.2) is 60.7 Å². The Labute approximate surface area is 214 Å². The van der Waals surface area contributed by atoms with Gasteiger partial charge in [-0.2, -0.15) is 24.9 Å². The van der Waals surface area contributed by atoms with E-state index in [1.54, 1.807) is 48.2 Å². The molecule has 2 N–H and O–H groups in total. The van der Waals surface area contributed by atoms with Crippen LogP contribution in [-0.2, 0) is 10.4 Å². The van der Waals surface area contributed by atoms with Crippen LogP contribution >= 0.6 is 35.0 Å². The van der Waals surface area contributed by atoms with Crippen molar-refractivity contribution in [1.82, 2.24) is 10.8 Å². The summed E-state index contributed by atoms with van der Waals surface area (Å²) >= 11 is 13.7. The predicted molar refractivity (Wildman–Crippen MR) is 136 cm³/mol. The van der Waals surface area contributed by atoms with Gasteiger partial charge in [-0.3, -0.25) is 15.1 Å². The number of alkyl halides is 3. The molecule has 1 aliphatic rings. The van der Waals surface area contributed by atoms with E-state index in [1.807, 2.05) is 6.26 Å². The molecule has 35 heavy (non-hydrogen) atoms. The zero-order chi connectivity index (χ0) is 25.2. The maximum absolute atomic E-state index is 14.4. The Morgan fingerprint density at radius 3 is 2.43 bits per heavy atom. The number of carbonyl (C=O) groups excluding carboxylic acids is 1. The molecule has 1 atom stereocenters. The second kappa shape index (κ2) is 10.3. The van der Waals surface area contributed by atoms with Crippen molar-refractivity contribution in [1.29, 1.82) is 0 Å². The van der Waals surface area contributed by atoms with Crippen molar-refractivity contribution >= 4 is 57.3 Å². The van der Waals surface area contributed by atoms with Gasteiger partial charge in [0.25, 0.3) is 5.91 Å². The van der Waals surface area contributed by atoms with Crippen molar-refractivity contribution in [3.05, 3.63) is 87.4 Å². The van der Waals surface area contributed by atoms with Crippen molar-refractivity contribution < 1.29 is 22.8 Å². The first-order valence-corrected chi connectivity index (χ1v) is 12.8. The van der Waals surface area contributed by atoms with Crippen LogP contribution < -0.4 is 10.8 Å². The molecular weight excluding hydrogens is 520 g/mol. The minimum Gasteiger partial charge on any atom is -0.352 e. The van der Waals surface area contributed by atoms with Crippen LogP contribution in [0, 0.1) is 0 Å². The largest absolute Gasteiger partial charge is 0.428 e. The molecule has 3 aromatic rings. The van der Waals surface area contributed by atoms with Gasteiger partial charge >= 0.3 is 6.18 Å². The first-order chi connectivity index (χ1) is 16.7. The van der Waals surface area contributed by atoms with E-state index in [0.717, 1.165) is 18.2 Å². The summed E-state index contributed by atoms with van der Waals surface area (Å²) in [7, 11) is 0. The number of benzene rings is 3. The number of amides is 1. The zero-order valence-electron chi connectivity index (χ0n) is 18.5. The van der Waals surface area contributed by atoms with Gasteiger partial charge in [-0.15, -0.1) is 0 Å². The van der Waals surface area contributed by atoms with Crippen LogP contribution in [0.2, 0.25) is 10.0 Å². The summed E-state index contributed by atoms with van der Waals surface area (Å²) in [6.07, 6.45) is -1.01. The van der Waals surface area contributed by atoms with Crippen LogP contribution in [0.3, 0.4) is 0 Å². The number of hydroxylamine groups is 1. The van der Waals surface area contributed by atoms with Gasteiger partial charge in [0.1, 0.15) is 0 Å². The van der Waals surface area contributed by atoms with Crippen LogP contribution in [0.5, 0.6) is 0 Å². The standard InChI is InChI=1S/C25H21Cl2F3N2O2S/c1-35-10-4-9-31-23(33)21-8-7-20(18-5-2-3-6-19(18)21)22-14-24(34-32-22,25(28,29)30)15-11-16(26)13-17(27)12-15/h2-3,5-8,11-14,32H,4,9-10H2,1H3,(H,31,33). The van der Waals surface area contributed by atoms with E-state index in [2.05, 4.69) is 10.8 Å². The highest BCUT2D eigenvalue weighted by atomic mass is 35.5. The van der Waals surface area contributed by atoms with Crippen molar-refractivity contribution in [2.24, 2.45) is 0 Å². The fourth-order valence-corrected chi connectivity index (χ4v) is 4.95. The molecule has 0 radical (unpaired) electrons. The van der Waals surface area contributed by atoms with Crippen molar-refractivity contribution in [3.8, 4) is 0 Å². The zero-order valence-corrected chi connectivity index (χ0v) is 20.8. The van der Waals surface area contributed by atoms with E-state index >= 15 is 0 Å². The second-order valence-corrected chi connectivity index (χ2v) is 9.82. The summed E-state index contributed by atoms with van der Waals surface area (Å²) < 4.78 is 43.1. The molecule has 4 rings (SSSR count). The molecule has 10 heteroatoms. The minimum atomic E-state index is -4.82. The molecule has 0 bridgehead atoms. The molecule has 4 nitrogen and oxygen atoms in total. The highest BCUT2D eigenvalue weighted by Gasteiger charge is 2.59. The summed E-state index contributed by atoms with van der Waals surface area (Å²) in [4.78, 5) is 18.0. The molecule has 1 heterocycles. The molecule has 0 saturated heterocycles. The fraction of sp³-hybridized carbons (Fsp3) is 0.240. The first-order valence-electron chi connectivity index (χ1n) is 10.7. The summed E-state index contributed by atoms with van der Waals surface area (Å²) in [6, 6.07) is 14.0. The Morgan fingerprint density at radius 1 is 1.09 bits per heavy atom. The Balaban J connectivity index is 1.77. The molecule has 0 saturated carbocycles. The summed E-state index contributed by atoms with van der Waals surface area (Å²) in [6.45, 7) is 0.534. The number of rotatable bonds is 7. The minimum absolute atomic E-state index is 0.0555. The van der Waals surface area contributed by atoms with Gasteiger partial charge in [0.2, 0.25) is 5.60 Å². The van der Waals surface area contributed by atoms with Crippen LogP contribution in [0.4, 0.5) is 13.2 Å². The average molecular weight is 541 g/mol. The second-order valence-electron chi connectivity index (χ2n) is 7.96. The van der Waals surface area contributed by atoms with Crippen molar-refractivity contribution in [3.63, 3.8) is 0 Å². The Kier molecular flexibility index (Phi) is 7.57. The number of carbonyl (C=O) groups is 1. The third-order valence-electron chi connectivity index (χ3n) is 5.65. The lowest BCUT2D eigenvalue weighted by molar-refractivity contribution is -0.269. The molecule has 1 aliphatic heterocycles. The van der Waals surface area contributed by atoms with Gasteiger partial charge in [-0.25, -0.2) is 0 Å². The van der Waals surface area contributed by atoms with Crippen LogP contribution in [0.1, 0.15) is 27.9 Å². The van der Waals surface area contributed by atoms with Gasteiger partial charge in [0, 0.05) is 33.3 Å². The third kappa shape index (κ3) is 5.11. The number of hydrogen-bond acceptors (Lipinski definition) is 4. The van der Waals surface area contributed by atoms with E-state index in [1.165, 1.54) is 18.2 Å². The molecule has 184 valence electrons. The lowest BCUT2D eigenvalue weighted by atomic mass is 9.90. The lowest BCUT2D eigenvalue weighted by Gasteiger charge is -2.28. The molecule has 0 aliphatic carbocycles. The number of thioether (sulfide) groups is 1. The number of nitrogens with one attached hydrogen (secondary N) is 2. The van der Waals surface area contributed by atoms with E-state index in [9.17, 15) is 18.0 Å². The number of fused-ring (bicyclic) bond motifs is 1. The van der Waals surface area contributed by atoms with Gasteiger partial charge in [0.15, 0.2) is 0 Å². The van der Waals surface area contributed by atoms with Gasteiger partial charge in [0.05, 0.1) is 5.70 Å². The van der Waals surface area contributed by atoms with Crippen molar-refractivity contribution in [2.45, 2.75) is 18.2 Å². The van der Waals surface area contributed by atoms with E-state index in [4.69, 9.17) is 28.0 Å². The van der Waals surface area contributed by atoms with E-state index in [0.29, 0.717) is 28.4 Å². The summed E-state index contributed by atoms with van der Waals surface area (Å²) in [5.41, 5.74) is 0.406. The summed E-state index contributed by atoms with van der Waals surface area (Å²) in [5, 5.41) is 4.23. The SMILES string of the molecule is CSCCCNC(=O)c1ccc(C2=CC(c3cc(Cl)cc(Cl)c3)(C(F)(F)F)ON2)c2ccccc12. The third-order valence-corrected chi connectivity index (χ3v) is 6.79. The topological polar surface area (TPSA) is 50.4 Å². The highest BCUT2D eigenvalue weighted by molar-refractivity contribution is 7.98. The molecule has 0 spiro atoms. The predicted octanol–water partition coefficient (Wildman–Crippen LogP) is 6.96. The monoisotopic (exact) mass is 540 g/mol. The Bertz CT molecular complexity index is 1280. The average Bonchev–Trinajstić information content (AvgIpc) is 3.27. The Hall–Kier alpha value is -2.39. The first kappa shape index (κ1) is 25.7. The quantitative estimate of drug-likeness (QED) is 0.318. The van der Waals surface area contributed by atoms with Gasteiger partial charge < -0.3 is 5.32 Å². The maximum Gasteiger partial charge on any atom is 0.428 e. The Morgan fingerprint density at radius 2 is 1.77 bits per heavy atom. The van der Waals surface area contributed by atoms with E-state index < -0.39 is 11.8 Å². The molecule has 0 aromatic heterocycles. The van der Waals surface area contributed by atoms with Gasteiger partial charge in [-0.1, -0.05) is 53.5 Å². The molecule has 3 aromatic carbocycles. The van der Waals surface area contributed by atoms with Crippen LogP contribution in [0.25, 0.3) is 16.5 Å². The molecule has 1 amide bonds. The molecule has 0 fully saturated rings. The highest BCUT2D eigenvalue weighted by Crippen LogP contribution is 2.48. The normalized spacial score (nSPS) is 17.8. The molecule has 1 unspecified atom stereocenters. The number of halogens is 5. The summed E-state index contributed by atoms with van der Waals surface area (Å²) in [5.74, 6) is 0.690. The fourth-order valence-electron chi connectivity index (χ4n) is 3.99. The maximum atomic E-state index is 14.4. The lowest BCUT2D eigenvalue weighted by Crippen LogP contribution is -2.42.